The first kappa shape index (κ1) is 19.2. The summed E-state index contributed by atoms with van der Waals surface area (Å²) in [4.78, 5) is 28.1. The van der Waals surface area contributed by atoms with Crippen molar-refractivity contribution in [1.29, 1.82) is 0 Å². The van der Waals surface area contributed by atoms with Crippen LogP contribution in [0.1, 0.15) is 22.5 Å². The Labute approximate surface area is 157 Å². The highest BCUT2D eigenvalue weighted by molar-refractivity contribution is 5.91. The first-order valence-electron chi connectivity index (χ1n) is 8.20. The van der Waals surface area contributed by atoms with Crippen molar-refractivity contribution >= 4 is 11.8 Å². The van der Waals surface area contributed by atoms with E-state index in [9.17, 15) is 9.59 Å². The second-order valence-electron chi connectivity index (χ2n) is 6.01. The van der Waals surface area contributed by atoms with E-state index in [2.05, 4.69) is 0 Å². The molecular formula is C18H22BrN3O3. The summed E-state index contributed by atoms with van der Waals surface area (Å²) in [5, 5.41) is 0. The molecule has 2 aromatic rings. The van der Waals surface area contributed by atoms with Crippen molar-refractivity contribution in [2.24, 2.45) is 0 Å². The quantitative estimate of drug-likeness (QED) is 0.565. The number of halogens is 1. The molecule has 0 spiro atoms. The minimum absolute atomic E-state index is 0. The Morgan fingerprint density at radius 1 is 1.08 bits per heavy atom. The monoisotopic (exact) mass is 407 g/mol. The van der Waals surface area contributed by atoms with E-state index >= 15 is 0 Å². The fourth-order valence-corrected chi connectivity index (χ4v) is 2.78. The number of nitrogens with zero attached hydrogens (tertiary/aromatic N) is 3. The molecule has 2 aromatic heterocycles. The Morgan fingerprint density at radius 3 is 2.32 bits per heavy atom. The minimum Gasteiger partial charge on any atom is -1.00 e. The number of hydrogen-bond acceptors (Lipinski definition) is 3. The topological polar surface area (TPSA) is 57.6 Å². The van der Waals surface area contributed by atoms with Crippen LogP contribution in [0.15, 0.2) is 47.3 Å². The number of aryl methyl sites for hydroxylation is 2. The number of aromatic nitrogens is 1. The first-order chi connectivity index (χ1) is 11.6. The second-order valence-corrected chi connectivity index (χ2v) is 6.01. The van der Waals surface area contributed by atoms with Gasteiger partial charge in [0.1, 0.15) is 0 Å². The number of piperazine rings is 1. The summed E-state index contributed by atoms with van der Waals surface area (Å²) < 4.78 is 7.16. The standard InChI is InChI=1S/C18H22N3O3.BrH/c1-15-4-7-19(8-5-15)9-6-17(22)20-10-12-21(13-11-20)18(23)16-3-2-14-24-16;/h2-5,7-8,14H,6,9-13H2,1H3;1H/q+1;/p-1. The Balaban J connectivity index is 0.00000225. The molecule has 0 bridgehead atoms. The molecule has 1 fully saturated rings. The maximum atomic E-state index is 12.3. The molecule has 3 heterocycles. The van der Waals surface area contributed by atoms with Gasteiger partial charge in [-0.05, 0) is 24.6 Å². The van der Waals surface area contributed by atoms with E-state index in [4.69, 9.17) is 4.42 Å². The molecule has 7 heteroatoms. The van der Waals surface area contributed by atoms with Crippen molar-refractivity contribution < 1.29 is 35.6 Å². The molecule has 0 radical (unpaired) electrons. The van der Waals surface area contributed by atoms with Crippen molar-refractivity contribution in [3.05, 3.63) is 54.2 Å². The van der Waals surface area contributed by atoms with Gasteiger partial charge in [-0.2, -0.15) is 0 Å². The highest BCUT2D eigenvalue weighted by Gasteiger charge is 2.26. The van der Waals surface area contributed by atoms with Gasteiger partial charge >= 0.3 is 0 Å². The van der Waals surface area contributed by atoms with E-state index in [0.717, 1.165) is 0 Å². The molecule has 0 unspecified atom stereocenters. The summed E-state index contributed by atoms with van der Waals surface area (Å²) in [6.07, 6.45) is 5.95. The largest absolute Gasteiger partial charge is 1.00 e. The summed E-state index contributed by atoms with van der Waals surface area (Å²) in [7, 11) is 0. The van der Waals surface area contributed by atoms with E-state index in [1.807, 2.05) is 40.9 Å². The first-order valence-corrected chi connectivity index (χ1v) is 8.20. The van der Waals surface area contributed by atoms with E-state index in [0.29, 0.717) is 44.9 Å². The molecule has 3 rings (SSSR count). The van der Waals surface area contributed by atoms with Crippen LogP contribution in [0.4, 0.5) is 0 Å². The molecule has 1 aliphatic rings. The predicted octanol–water partition coefficient (Wildman–Crippen LogP) is -1.75. The molecule has 6 nitrogen and oxygen atoms in total. The van der Waals surface area contributed by atoms with E-state index in [1.54, 1.807) is 17.0 Å². The van der Waals surface area contributed by atoms with E-state index < -0.39 is 0 Å². The number of furan rings is 1. The van der Waals surface area contributed by atoms with Gasteiger partial charge in [-0.1, -0.05) is 0 Å². The number of hydrogen-bond donors (Lipinski definition) is 0. The predicted molar refractivity (Wildman–Crippen MR) is 87.2 cm³/mol. The summed E-state index contributed by atoms with van der Waals surface area (Å²) >= 11 is 0. The molecule has 1 aliphatic heterocycles. The second kappa shape index (κ2) is 8.80. The lowest BCUT2D eigenvalue weighted by Gasteiger charge is -2.34. The molecule has 2 amide bonds. The summed E-state index contributed by atoms with van der Waals surface area (Å²) in [6.45, 7) is 4.95. The normalized spacial score (nSPS) is 14.1. The van der Waals surface area contributed by atoms with Gasteiger partial charge in [0.15, 0.2) is 24.7 Å². The van der Waals surface area contributed by atoms with Crippen LogP contribution in [-0.4, -0.2) is 47.8 Å². The molecule has 0 aliphatic carbocycles. The molecule has 0 atom stereocenters. The smallest absolute Gasteiger partial charge is 0.289 e. The SMILES string of the molecule is Cc1cc[n+](CCC(=O)N2CCN(C(=O)c3ccco3)CC2)cc1.[Br-]. The summed E-state index contributed by atoms with van der Waals surface area (Å²) in [5.41, 5.74) is 1.20. The van der Waals surface area contributed by atoms with Gasteiger partial charge in [-0.25, -0.2) is 4.57 Å². The zero-order valence-electron chi connectivity index (χ0n) is 14.2. The number of carbonyl (C=O) groups excluding carboxylic acids is 2. The Hall–Kier alpha value is -2.15. The summed E-state index contributed by atoms with van der Waals surface area (Å²) in [6, 6.07) is 7.43. The van der Waals surface area contributed by atoms with Crippen molar-refractivity contribution in [2.45, 2.75) is 19.9 Å². The third-order valence-corrected chi connectivity index (χ3v) is 4.29. The van der Waals surface area contributed by atoms with Crippen LogP contribution in [0, 0.1) is 6.92 Å². The maximum Gasteiger partial charge on any atom is 0.289 e. The molecule has 25 heavy (non-hydrogen) atoms. The van der Waals surface area contributed by atoms with Crippen LogP contribution in [0.3, 0.4) is 0 Å². The zero-order chi connectivity index (χ0) is 16.9. The third kappa shape index (κ3) is 4.92. The highest BCUT2D eigenvalue weighted by atomic mass is 79.9. The highest BCUT2D eigenvalue weighted by Crippen LogP contribution is 2.10. The lowest BCUT2D eigenvalue weighted by Crippen LogP contribution is -3.00. The number of rotatable bonds is 4. The van der Waals surface area contributed by atoms with Gasteiger partial charge in [-0.15, -0.1) is 0 Å². The van der Waals surface area contributed by atoms with Crippen LogP contribution in [0.5, 0.6) is 0 Å². The Kier molecular flexibility index (Phi) is 6.75. The third-order valence-electron chi connectivity index (χ3n) is 4.29. The van der Waals surface area contributed by atoms with Gasteiger partial charge in [0.05, 0.1) is 12.7 Å². The average Bonchev–Trinajstić information content (AvgIpc) is 3.15. The van der Waals surface area contributed by atoms with Crippen molar-refractivity contribution in [3.8, 4) is 0 Å². The molecule has 1 saturated heterocycles. The molecule has 134 valence electrons. The van der Waals surface area contributed by atoms with E-state index in [-0.39, 0.29) is 28.8 Å². The number of pyridine rings is 1. The number of amides is 2. The van der Waals surface area contributed by atoms with E-state index in [1.165, 1.54) is 11.8 Å². The minimum atomic E-state index is -0.109. The average molecular weight is 408 g/mol. The fourth-order valence-electron chi connectivity index (χ4n) is 2.78. The van der Waals surface area contributed by atoms with Crippen LogP contribution in [-0.2, 0) is 11.3 Å². The van der Waals surface area contributed by atoms with Crippen molar-refractivity contribution in [1.82, 2.24) is 9.80 Å². The summed E-state index contributed by atoms with van der Waals surface area (Å²) in [5.74, 6) is 0.376. The Bertz CT molecular complexity index is 693. The van der Waals surface area contributed by atoms with Crippen LogP contribution in [0.2, 0.25) is 0 Å². The number of carbonyl (C=O) groups is 2. The van der Waals surface area contributed by atoms with Gasteiger partial charge in [-0.3, -0.25) is 9.59 Å². The van der Waals surface area contributed by atoms with Crippen molar-refractivity contribution in [2.75, 3.05) is 26.2 Å². The lowest BCUT2D eigenvalue weighted by atomic mass is 10.2. The van der Waals surface area contributed by atoms with Crippen molar-refractivity contribution in [3.63, 3.8) is 0 Å². The molecule has 0 aromatic carbocycles. The van der Waals surface area contributed by atoms with Gasteiger partial charge < -0.3 is 31.2 Å². The maximum absolute atomic E-state index is 12.3. The van der Waals surface area contributed by atoms with Crippen LogP contribution >= 0.6 is 0 Å². The molecule has 0 saturated carbocycles. The van der Waals surface area contributed by atoms with Gasteiger partial charge in [0.2, 0.25) is 5.91 Å². The Morgan fingerprint density at radius 2 is 1.72 bits per heavy atom. The van der Waals surface area contributed by atoms with Gasteiger partial charge in [0.25, 0.3) is 5.91 Å². The molecule has 0 N–H and O–H groups in total. The van der Waals surface area contributed by atoms with Crippen LogP contribution < -0.4 is 21.5 Å². The van der Waals surface area contributed by atoms with Gasteiger partial charge in [0, 0.05) is 38.3 Å². The zero-order valence-corrected chi connectivity index (χ0v) is 15.8. The lowest BCUT2D eigenvalue weighted by molar-refractivity contribution is -0.696. The molecular weight excluding hydrogens is 386 g/mol. The van der Waals surface area contributed by atoms with Crippen LogP contribution in [0.25, 0.3) is 0 Å². The fraction of sp³-hybridized carbons (Fsp3) is 0.389.